The van der Waals surface area contributed by atoms with Gasteiger partial charge in [0.15, 0.2) is 11.6 Å². The third-order valence-electron chi connectivity index (χ3n) is 4.73. The molecule has 0 saturated carbocycles. The second-order valence-electron chi connectivity index (χ2n) is 6.40. The molecule has 6 nitrogen and oxygen atoms in total. The number of nitrogens with one attached hydrogen (secondary N) is 1. The van der Waals surface area contributed by atoms with Gasteiger partial charge in [0.2, 0.25) is 0 Å². The lowest BCUT2D eigenvalue weighted by Crippen LogP contribution is -2.31. The molecule has 0 aliphatic carbocycles. The highest BCUT2D eigenvalue weighted by molar-refractivity contribution is 5.94. The van der Waals surface area contributed by atoms with Crippen LogP contribution in [0.5, 0.6) is 5.75 Å². The van der Waals surface area contributed by atoms with Gasteiger partial charge in [0.25, 0.3) is 5.91 Å². The highest BCUT2D eigenvalue weighted by Gasteiger charge is 2.29. The first-order valence-electron chi connectivity index (χ1n) is 8.60. The SMILES string of the molecule is O=C(c1cc[nH]c1)N1CCC(Oc2cccnc2N2CCCC2)C1. The Kier molecular flexibility index (Phi) is 4.11. The molecule has 6 heteroatoms. The van der Waals surface area contributed by atoms with Crippen molar-refractivity contribution in [3.05, 3.63) is 42.4 Å². The van der Waals surface area contributed by atoms with Crippen LogP contribution in [0.4, 0.5) is 5.82 Å². The molecule has 2 aromatic heterocycles. The molecule has 2 aliphatic heterocycles. The number of anilines is 1. The Labute approximate surface area is 141 Å². The second-order valence-corrected chi connectivity index (χ2v) is 6.40. The summed E-state index contributed by atoms with van der Waals surface area (Å²) in [6, 6.07) is 5.70. The van der Waals surface area contributed by atoms with Crippen LogP contribution in [0.2, 0.25) is 0 Å². The van der Waals surface area contributed by atoms with Crippen molar-refractivity contribution in [2.75, 3.05) is 31.1 Å². The Balaban J connectivity index is 1.43. The van der Waals surface area contributed by atoms with Crippen LogP contribution in [-0.4, -0.2) is 53.1 Å². The summed E-state index contributed by atoms with van der Waals surface area (Å²) >= 11 is 0. The fourth-order valence-electron chi connectivity index (χ4n) is 3.47. The van der Waals surface area contributed by atoms with E-state index < -0.39 is 0 Å². The number of pyridine rings is 1. The molecule has 2 aromatic rings. The summed E-state index contributed by atoms with van der Waals surface area (Å²) < 4.78 is 6.21. The maximum absolute atomic E-state index is 12.4. The van der Waals surface area contributed by atoms with Crippen molar-refractivity contribution in [1.82, 2.24) is 14.9 Å². The summed E-state index contributed by atoms with van der Waals surface area (Å²) in [6.07, 6.45) is 8.62. The van der Waals surface area contributed by atoms with Crippen molar-refractivity contribution in [2.45, 2.75) is 25.4 Å². The molecule has 1 atom stereocenters. The van der Waals surface area contributed by atoms with E-state index in [1.165, 1.54) is 12.8 Å². The molecular weight excluding hydrogens is 304 g/mol. The molecule has 4 heterocycles. The third-order valence-corrected chi connectivity index (χ3v) is 4.73. The summed E-state index contributed by atoms with van der Waals surface area (Å²) in [5, 5.41) is 0. The zero-order chi connectivity index (χ0) is 16.4. The Morgan fingerprint density at radius 1 is 1.25 bits per heavy atom. The van der Waals surface area contributed by atoms with Crippen molar-refractivity contribution >= 4 is 11.7 Å². The lowest BCUT2D eigenvalue weighted by atomic mass is 10.3. The van der Waals surface area contributed by atoms with Gasteiger partial charge >= 0.3 is 0 Å². The van der Waals surface area contributed by atoms with Gasteiger partial charge in [0, 0.05) is 44.6 Å². The Bertz CT molecular complexity index is 695. The van der Waals surface area contributed by atoms with Crippen LogP contribution in [-0.2, 0) is 0 Å². The number of carbonyl (C=O) groups excluding carboxylic acids is 1. The van der Waals surface area contributed by atoms with Crippen LogP contribution in [0, 0.1) is 0 Å². The maximum atomic E-state index is 12.4. The molecule has 0 aromatic carbocycles. The van der Waals surface area contributed by atoms with Gasteiger partial charge in [-0.2, -0.15) is 0 Å². The first kappa shape index (κ1) is 15.1. The van der Waals surface area contributed by atoms with E-state index >= 15 is 0 Å². The fraction of sp³-hybridized carbons (Fsp3) is 0.444. The summed E-state index contributed by atoms with van der Waals surface area (Å²) in [5.74, 6) is 1.83. The molecule has 2 fully saturated rings. The average Bonchev–Trinajstić information content (AvgIpc) is 3.36. The van der Waals surface area contributed by atoms with Crippen molar-refractivity contribution < 1.29 is 9.53 Å². The van der Waals surface area contributed by atoms with E-state index in [1.54, 1.807) is 12.4 Å². The molecule has 0 radical (unpaired) electrons. The van der Waals surface area contributed by atoms with E-state index in [1.807, 2.05) is 29.3 Å². The minimum absolute atomic E-state index is 0.0263. The number of amides is 1. The van der Waals surface area contributed by atoms with Gasteiger partial charge in [-0.05, 0) is 31.0 Å². The normalized spacial score (nSPS) is 20.6. The molecule has 1 unspecified atom stereocenters. The summed E-state index contributed by atoms with van der Waals surface area (Å²) in [7, 11) is 0. The minimum Gasteiger partial charge on any atom is -0.485 e. The maximum Gasteiger partial charge on any atom is 0.255 e. The first-order valence-corrected chi connectivity index (χ1v) is 8.60. The lowest BCUT2D eigenvalue weighted by molar-refractivity contribution is 0.0772. The minimum atomic E-state index is 0.0263. The number of aromatic nitrogens is 2. The number of H-pyrrole nitrogens is 1. The highest BCUT2D eigenvalue weighted by atomic mass is 16.5. The Hall–Kier alpha value is -2.50. The molecule has 126 valence electrons. The smallest absolute Gasteiger partial charge is 0.255 e. The van der Waals surface area contributed by atoms with Crippen molar-refractivity contribution in [3.8, 4) is 5.75 Å². The molecule has 2 saturated heterocycles. The second kappa shape index (κ2) is 6.55. The van der Waals surface area contributed by atoms with E-state index in [4.69, 9.17) is 4.74 Å². The summed E-state index contributed by atoms with van der Waals surface area (Å²) in [4.78, 5) is 24.0. The van der Waals surface area contributed by atoms with E-state index in [0.717, 1.165) is 37.6 Å². The van der Waals surface area contributed by atoms with Crippen molar-refractivity contribution in [2.24, 2.45) is 0 Å². The van der Waals surface area contributed by atoms with Gasteiger partial charge in [0.1, 0.15) is 6.10 Å². The standard InChI is InChI=1S/C18H22N4O2/c23-18(14-5-8-19-12-14)22-11-6-15(13-22)24-16-4-3-7-20-17(16)21-9-1-2-10-21/h3-5,7-8,12,15,19H,1-2,6,9-11,13H2. The van der Waals surface area contributed by atoms with Gasteiger partial charge < -0.3 is 19.5 Å². The predicted octanol–water partition coefficient (Wildman–Crippen LogP) is 2.30. The van der Waals surface area contributed by atoms with E-state index in [0.29, 0.717) is 12.1 Å². The topological polar surface area (TPSA) is 61.5 Å². The predicted molar refractivity (Wildman–Crippen MR) is 91.4 cm³/mol. The average molecular weight is 326 g/mol. The first-order chi connectivity index (χ1) is 11.8. The largest absolute Gasteiger partial charge is 0.485 e. The number of aromatic amines is 1. The number of carbonyl (C=O) groups is 1. The van der Waals surface area contributed by atoms with Crippen molar-refractivity contribution in [1.29, 1.82) is 0 Å². The fourth-order valence-corrected chi connectivity index (χ4v) is 3.47. The quantitative estimate of drug-likeness (QED) is 0.936. The third kappa shape index (κ3) is 2.96. The molecular formula is C18H22N4O2. The number of hydrogen-bond donors (Lipinski definition) is 1. The summed E-state index contributed by atoms with van der Waals surface area (Å²) in [6.45, 7) is 3.43. The molecule has 0 bridgehead atoms. The number of nitrogens with zero attached hydrogens (tertiary/aromatic N) is 3. The monoisotopic (exact) mass is 326 g/mol. The highest BCUT2D eigenvalue weighted by Crippen LogP contribution is 2.30. The van der Waals surface area contributed by atoms with Gasteiger partial charge in [-0.15, -0.1) is 0 Å². The molecule has 24 heavy (non-hydrogen) atoms. The van der Waals surface area contributed by atoms with Crippen LogP contribution in [0.25, 0.3) is 0 Å². The van der Waals surface area contributed by atoms with Crippen LogP contribution < -0.4 is 9.64 Å². The van der Waals surface area contributed by atoms with E-state index in [-0.39, 0.29) is 12.0 Å². The summed E-state index contributed by atoms with van der Waals surface area (Å²) in [5.41, 5.74) is 0.704. The zero-order valence-electron chi connectivity index (χ0n) is 13.6. The molecule has 1 amide bonds. The molecule has 2 aliphatic rings. The Morgan fingerprint density at radius 2 is 2.12 bits per heavy atom. The number of rotatable bonds is 4. The van der Waals surface area contributed by atoms with Gasteiger partial charge in [-0.25, -0.2) is 4.98 Å². The van der Waals surface area contributed by atoms with Gasteiger partial charge in [-0.1, -0.05) is 0 Å². The Morgan fingerprint density at radius 3 is 2.92 bits per heavy atom. The van der Waals surface area contributed by atoms with Gasteiger partial charge in [-0.3, -0.25) is 4.79 Å². The van der Waals surface area contributed by atoms with E-state index in [9.17, 15) is 4.79 Å². The van der Waals surface area contributed by atoms with Crippen LogP contribution >= 0.6 is 0 Å². The molecule has 0 spiro atoms. The van der Waals surface area contributed by atoms with Crippen LogP contribution in [0.3, 0.4) is 0 Å². The number of likely N-dealkylation sites (tertiary alicyclic amines) is 1. The zero-order valence-corrected chi connectivity index (χ0v) is 13.6. The molecule has 1 N–H and O–H groups in total. The van der Waals surface area contributed by atoms with Crippen LogP contribution in [0.1, 0.15) is 29.6 Å². The van der Waals surface area contributed by atoms with Crippen LogP contribution in [0.15, 0.2) is 36.8 Å². The number of hydrogen-bond acceptors (Lipinski definition) is 4. The van der Waals surface area contributed by atoms with Gasteiger partial charge in [0.05, 0.1) is 12.1 Å². The van der Waals surface area contributed by atoms with Crippen molar-refractivity contribution in [3.63, 3.8) is 0 Å². The number of ether oxygens (including phenoxy) is 1. The lowest BCUT2D eigenvalue weighted by Gasteiger charge is -2.22. The molecule has 4 rings (SSSR count). The van der Waals surface area contributed by atoms with E-state index in [2.05, 4.69) is 14.9 Å².